The quantitative estimate of drug-likeness (QED) is 0.633. The van der Waals surface area contributed by atoms with Crippen LogP contribution in [0.2, 0.25) is 0 Å². The van der Waals surface area contributed by atoms with Crippen molar-refractivity contribution in [3.05, 3.63) is 54.4 Å². The van der Waals surface area contributed by atoms with Crippen LogP contribution >= 0.6 is 0 Å². The van der Waals surface area contributed by atoms with Crippen LogP contribution in [0.3, 0.4) is 0 Å². The molecule has 0 bridgehead atoms. The fourth-order valence-corrected chi connectivity index (χ4v) is 2.48. The maximum absolute atomic E-state index is 12.3. The summed E-state index contributed by atoms with van der Waals surface area (Å²) in [5.74, 6) is 0.769. The van der Waals surface area contributed by atoms with Crippen molar-refractivity contribution in [2.75, 3.05) is 11.9 Å². The number of amides is 1. The lowest BCUT2D eigenvalue weighted by molar-refractivity contribution is -0.126. The smallest absolute Gasteiger partial charge is 0.241 e. The van der Waals surface area contributed by atoms with E-state index in [9.17, 15) is 4.79 Å². The molecule has 2 heterocycles. The van der Waals surface area contributed by atoms with Gasteiger partial charge in [-0.1, -0.05) is 12.1 Å². The van der Waals surface area contributed by atoms with Gasteiger partial charge in [0.1, 0.15) is 11.8 Å². The molecule has 0 saturated carbocycles. The van der Waals surface area contributed by atoms with Gasteiger partial charge < -0.3 is 15.4 Å². The van der Waals surface area contributed by atoms with Crippen LogP contribution in [0.25, 0.3) is 0 Å². The van der Waals surface area contributed by atoms with Crippen LogP contribution in [0.4, 0.5) is 5.69 Å². The summed E-state index contributed by atoms with van der Waals surface area (Å²) in [4.78, 5) is 16.3. The molecule has 0 radical (unpaired) electrons. The Morgan fingerprint density at radius 2 is 2.04 bits per heavy atom. The van der Waals surface area contributed by atoms with Gasteiger partial charge in [0.2, 0.25) is 5.91 Å². The molecule has 2 unspecified atom stereocenters. The lowest BCUT2D eigenvalue weighted by Gasteiger charge is -2.32. The standard InChI is InChI=1S/C17H21N5O2/c1-2-24-14-7-5-12(6-8-14)10-15-16(23)20-17(22-21-15)19-13-4-3-9-18-11-13/h3-9,11,15,17,19,21-22H,2,10H2,1H3,(H,20,23). The second kappa shape index (κ2) is 7.76. The number of hydrogen-bond acceptors (Lipinski definition) is 6. The van der Waals surface area contributed by atoms with Crippen molar-refractivity contribution >= 4 is 11.6 Å². The summed E-state index contributed by atoms with van der Waals surface area (Å²) in [6, 6.07) is 11.1. The summed E-state index contributed by atoms with van der Waals surface area (Å²) in [5.41, 5.74) is 7.99. The number of ether oxygens (including phenoxy) is 1. The summed E-state index contributed by atoms with van der Waals surface area (Å²) in [6.07, 6.45) is 3.59. The number of benzene rings is 1. The summed E-state index contributed by atoms with van der Waals surface area (Å²) >= 11 is 0. The average molecular weight is 327 g/mol. The first kappa shape index (κ1) is 16.2. The third-order valence-electron chi connectivity index (χ3n) is 3.65. The Hall–Kier alpha value is -2.64. The zero-order valence-electron chi connectivity index (χ0n) is 13.5. The van der Waals surface area contributed by atoms with Crippen LogP contribution in [0, 0.1) is 0 Å². The number of nitrogens with zero attached hydrogens (tertiary/aromatic N) is 1. The van der Waals surface area contributed by atoms with Crippen molar-refractivity contribution in [1.29, 1.82) is 0 Å². The third-order valence-corrected chi connectivity index (χ3v) is 3.65. The van der Waals surface area contributed by atoms with Gasteiger partial charge in [-0.2, -0.15) is 0 Å². The molecule has 7 heteroatoms. The van der Waals surface area contributed by atoms with Gasteiger partial charge in [0.05, 0.1) is 18.5 Å². The van der Waals surface area contributed by atoms with Crippen molar-refractivity contribution < 1.29 is 9.53 Å². The van der Waals surface area contributed by atoms with Gasteiger partial charge in [0.15, 0.2) is 6.29 Å². The minimum absolute atomic E-state index is 0.0657. The molecule has 2 atom stereocenters. The minimum atomic E-state index is -0.390. The topological polar surface area (TPSA) is 87.3 Å². The van der Waals surface area contributed by atoms with Crippen LogP contribution in [-0.2, 0) is 11.2 Å². The first-order chi connectivity index (χ1) is 11.7. The number of carbonyl (C=O) groups is 1. The van der Waals surface area contributed by atoms with Crippen molar-refractivity contribution in [2.24, 2.45) is 0 Å². The highest BCUT2D eigenvalue weighted by atomic mass is 16.5. The summed E-state index contributed by atoms with van der Waals surface area (Å²) in [6.45, 7) is 2.59. The molecule has 126 valence electrons. The molecule has 0 spiro atoms. The second-order valence-corrected chi connectivity index (χ2v) is 5.45. The van der Waals surface area contributed by atoms with E-state index >= 15 is 0 Å². The summed E-state index contributed by atoms with van der Waals surface area (Å²) in [7, 11) is 0. The third kappa shape index (κ3) is 4.21. The van der Waals surface area contributed by atoms with E-state index in [1.165, 1.54) is 0 Å². The minimum Gasteiger partial charge on any atom is -0.494 e. The molecule has 1 saturated heterocycles. The molecular weight excluding hydrogens is 306 g/mol. The molecule has 4 N–H and O–H groups in total. The Morgan fingerprint density at radius 3 is 2.71 bits per heavy atom. The predicted molar refractivity (Wildman–Crippen MR) is 91.2 cm³/mol. The van der Waals surface area contributed by atoms with Crippen LogP contribution in [0.1, 0.15) is 12.5 Å². The fourth-order valence-electron chi connectivity index (χ4n) is 2.48. The van der Waals surface area contributed by atoms with Gasteiger partial charge in [-0.15, -0.1) is 0 Å². The van der Waals surface area contributed by atoms with Gasteiger partial charge in [-0.05, 0) is 43.2 Å². The van der Waals surface area contributed by atoms with E-state index in [0.717, 1.165) is 17.0 Å². The van der Waals surface area contributed by atoms with Gasteiger partial charge in [-0.3, -0.25) is 9.78 Å². The van der Waals surface area contributed by atoms with Crippen LogP contribution in [0.15, 0.2) is 48.8 Å². The zero-order chi connectivity index (χ0) is 16.8. The molecule has 2 aromatic rings. The highest BCUT2D eigenvalue weighted by molar-refractivity contribution is 5.83. The molecule has 0 aliphatic carbocycles. The maximum Gasteiger partial charge on any atom is 0.241 e. The number of anilines is 1. The van der Waals surface area contributed by atoms with E-state index in [-0.39, 0.29) is 11.9 Å². The number of carbonyl (C=O) groups excluding carboxylic acids is 1. The van der Waals surface area contributed by atoms with E-state index in [0.29, 0.717) is 13.0 Å². The Morgan fingerprint density at radius 1 is 1.21 bits per heavy atom. The molecule has 1 aromatic heterocycles. The molecule has 24 heavy (non-hydrogen) atoms. The number of nitrogens with one attached hydrogen (secondary N) is 4. The average Bonchev–Trinajstić information content (AvgIpc) is 2.60. The molecule has 3 rings (SSSR count). The lowest BCUT2D eigenvalue weighted by atomic mass is 10.1. The number of pyridine rings is 1. The van der Waals surface area contributed by atoms with Gasteiger partial charge in [0.25, 0.3) is 0 Å². The Labute approximate surface area is 140 Å². The van der Waals surface area contributed by atoms with Gasteiger partial charge >= 0.3 is 0 Å². The Kier molecular flexibility index (Phi) is 5.25. The maximum atomic E-state index is 12.3. The molecule has 1 amide bonds. The SMILES string of the molecule is CCOc1ccc(CC2NNC(Nc3cccnc3)NC2=O)cc1. The highest BCUT2D eigenvalue weighted by Crippen LogP contribution is 2.14. The monoisotopic (exact) mass is 327 g/mol. The van der Waals surface area contributed by atoms with Crippen molar-refractivity contribution in [3.8, 4) is 5.75 Å². The first-order valence-electron chi connectivity index (χ1n) is 7.94. The predicted octanol–water partition coefficient (Wildman–Crippen LogP) is 1.01. The highest BCUT2D eigenvalue weighted by Gasteiger charge is 2.27. The van der Waals surface area contributed by atoms with Crippen LogP contribution in [-0.4, -0.2) is 29.8 Å². The fraction of sp³-hybridized carbons (Fsp3) is 0.294. The van der Waals surface area contributed by atoms with Crippen LogP contribution < -0.4 is 26.2 Å². The normalized spacial score (nSPS) is 20.3. The molecule has 1 aromatic carbocycles. The Bertz CT molecular complexity index is 662. The van der Waals surface area contributed by atoms with E-state index in [4.69, 9.17) is 4.74 Å². The number of aromatic nitrogens is 1. The van der Waals surface area contributed by atoms with E-state index < -0.39 is 6.29 Å². The van der Waals surface area contributed by atoms with Gasteiger partial charge in [0, 0.05) is 6.20 Å². The number of hydrazine groups is 1. The van der Waals surface area contributed by atoms with E-state index in [2.05, 4.69) is 26.5 Å². The second-order valence-electron chi connectivity index (χ2n) is 5.45. The molecule has 1 aliphatic heterocycles. The van der Waals surface area contributed by atoms with Crippen molar-refractivity contribution in [1.82, 2.24) is 21.2 Å². The van der Waals surface area contributed by atoms with Gasteiger partial charge in [-0.25, -0.2) is 10.9 Å². The molecule has 7 nitrogen and oxygen atoms in total. The molecule has 1 aliphatic rings. The van der Waals surface area contributed by atoms with E-state index in [1.807, 2.05) is 43.3 Å². The summed E-state index contributed by atoms with van der Waals surface area (Å²) in [5, 5.41) is 6.02. The summed E-state index contributed by atoms with van der Waals surface area (Å²) < 4.78 is 5.42. The van der Waals surface area contributed by atoms with Crippen molar-refractivity contribution in [2.45, 2.75) is 25.7 Å². The lowest BCUT2D eigenvalue weighted by Crippen LogP contribution is -2.68. The molecule has 1 fully saturated rings. The van der Waals surface area contributed by atoms with E-state index in [1.54, 1.807) is 12.4 Å². The zero-order valence-corrected chi connectivity index (χ0v) is 13.5. The largest absolute Gasteiger partial charge is 0.494 e. The Balaban J connectivity index is 1.53. The number of hydrogen-bond donors (Lipinski definition) is 4. The van der Waals surface area contributed by atoms with Crippen LogP contribution in [0.5, 0.6) is 5.75 Å². The van der Waals surface area contributed by atoms with Crippen molar-refractivity contribution in [3.63, 3.8) is 0 Å². The number of rotatable bonds is 6. The molecular formula is C17H21N5O2. The first-order valence-corrected chi connectivity index (χ1v) is 7.94.